The smallest absolute Gasteiger partial charge is 0.164 e. The Balaban J connectivity index is 2.25. The van der Waals surface area contributed by atoms with Crippen LogP contribution < -0.4 is 0 Å². The van der Waals surface area contributed by atoms with E-state index in [1.54, 1.807) is 0 Å². The van der Waals surface area contributed by atoms with Crippen molar-refractivity contribution < 1.29 is 4.79 Å². The number of carbonyl (C=O) groups excluding carboxylic acids is 1. The van der Waals surface area contributed by atoms with E-state index < -0.39 is 0 Å². The predicted octanol–water partition coefficient (Wildman–Crippen LogP) is 4.40. The molecular weight excluding hydrogens is 232 g/mol. The van der Waals surface area contributed by atoms with Crippen molar-refractivity contribution in [3.63, 3.8) is 0 Å². The number of ketones is 1. The quantitative estimate of drug-likeness (QED) is 0.567. The molecule has 1 atom stereocenters. The van der Waals surface area contributed by atoms with Crippen molar-refractivity contribution in [1.29, 1.82) is 0 Å². The molecule has 0 fully saturated rings. The molecule has 0 aliphatic rings. The van der Waals surface area contributed by atoms with Crippen LogP contribution in [-0.4, -0.2) is 5.78 Å². The summed E-state index contributed by atoms with van der Waals surface area (Å²) >= 11 is 0. The van der Waals surface area contributed by atoms with Crippen LogP contribution >= 0.6 is 0 Å². The van der Waals surface area contributed by atoms with E-state index in [1.165, 1.54) is 0 Å². The predicted molar refractivity (Wildman–Crippen MR) is 79.4 cm³/mol. The molecule has 2 aromatic rings. The summed E-state index contributed by atoms with van der Waals surface area (Å²) in [5.74, 6) is 0.145. The average molecular weight is 250 g/mol. The molecule has 0 amide bonds. The van der Waals surface area contributed by atoms with Crippen LogP contribution in [0.2, 0.25) is 0 Å². The molecule has 19 heavy (non-hydrogen) atoms. The van der Waals surface area contributed by atoms with Crippen molar-refractivity contribution in [3.05, 3.63) is 84.4 Å². The van der Waals surface area contributed by atoms with Gasteiger partial charge in [-0.1, -0.05) is 73.7 Å². The van der Waals surface area contributed by atoms with Crippen molar-refractivity contribution in [2.45, 2.75) is 18.8 Å². The number of allylic oxidation sites excluding steroid dienone is 1. The van der Waals surface area contributed by atoms with Crippen LogP contribution in [-0.2, 0) is 5.41 Å². The number of hydrogen-bond donors (Lipinski definition) is 0. The number of carbonyl (C=O) groups is 1. The number of rotatable bonds is 5. The molecule has 0 aromatic heterocycles. The molecule has 1 unspecified atom stereocenters. The summed E-state index contributed by atoms with van der Waals surface area (Å²) in [6.07, 6.45) is 2.30. The van der Waals surface area contributed by atoms with Crippen molar-refractivity contribution >= 4 is 5.78 Å². The first-order chi connectivity index (χ1) is 9.15. The second kappa shape index (κ2) is 5.66. The van der Waals surface area contributed by atoms with Crippen LogP contribution in [0, 0.1) is 0 Å². The average Bonchev–Trinajstić information content (AvgIpc) is 2.49. The summed E-state index contributed by atoms with van der Waals surface area (Å²) in [5.41, 5.74) is 1.55. The second-order valence-corrected chi connectivity index (χ2v) is 4.95. The molecule has 0 aliphatic carbocycles. The fraction of sp³-hybridized carbons (Fsp3) is 0.167. The molecule has 1 nitrogen and oxygen atoms in total. The van der Waals surface area contributed by atoms with Crippen LogP contribution in [0.15, 0.2) is 73.3 Å². The van der Waals surface area contributed by atoms with Gasteiger partial charge in [0.25, 0.3) is 0 Å². The summed E-state index contributed by atoms with van der Waals surface area (Å²) in [4.78, 5) is 12.3. The number of hydrogen-bond acceptors (Lipinski definition) is 1. The van der Waals surface area contributed by atoms with Crippen LogP contribution in [0.5, 0.6) is 0 Å². The molecule has 0 radical (unpaired) electrons. The van der Waals surface area contributed by atoms with E-state index in [0.29, 0.717) is 6.42 Å². The molecule has 2 rings (SSSR count). The fourth-order valence-electron chi connectivity index (χ4n) is 2.17. The molecule has 2 aromatic carbocycles. The first kappa shape index (κ1) is 13.3. The zero-order chi connectivity index (χ0) is 13.7. The summed E-state index contributed by atoms with van der Waals surface area (Å²) < 4.78 is 0. The third kappa shape index (κ3) is 3.00. The molecule has 0 heterocycles. The second-order valence-electron chi connectivity index (χ2n) is 4.95. The maximum absolute atomic E-state index is 12.3. The van der Waals surface area contributed by atoms with E-state index in [0.717, 1.165) is 11.1 Å². The van der Waals surface area contributed by atoms with Gasteiger partial charge in [0.05, 0.1) is 0 Å². The van der Waals surface area contributed by atoms with E-state index in [-0.39, 0.29) is 11.2 Å². The molecule has 0 spiro atoms. The summed E-state index contributed by atoms with van der Waals surface area (Å²) in [5, 5.41) is 0. The van der Waals surface area contributed by atoms with Gasteiger partial charge in [0.1, 0.15) is 0 Å². The Morgan fingerprint density at radius 2 is 1.58 bits per heavy atom. The highest BCUT2D eigenvalue weighted by atomic mass is 16.1. The maximum atomic E-state index is 12.3. The fourth-order valence-corrected chi connectivity index (χ4v) is 2.17. The van der Waals surface area contributed by atoms with Gasteiger partial charge in [0.2, 0.25) is 0 Å². The molecule has 96 valence electrons. The largest absolute Gasteiger partial charge is 0.294 e. The Morgan fingerprint density at radius 1 is 1.05 bits per heavy atom. The summed E-state index contributed by atoms with van der Waals surface area (Å²) in [6, 6.07) is 19.5. The lowest BCUT2D eigenvalue weighted by atomic mass is 9.77. The normalized spacial score (nSPS) is 13.5. The number of benzene rings is 2. The van der Waals surface area contributed by atoms with Crippen LogP contribution in [0.1, 0.15) is 29.3 Å². The van der Waals surface area contributed by atoms with E-state index in [4.69, 9.17) is 0 Å². The molecule has 0 bridgehead atoms. The Bertz CT molecular complexity index is 557. The maximum Gasteiger partial charge on any atom is 0.164 e. The molecule has 1 heteroatoms. The SMILES string of the molecule is C=CC(C)(CC(=O)c1ccccc1)c1ccccc1. The Kier molecular flexibility index (Phi) is 3.96. The standard InChI is InChI=1S/C18H18O/c1-3-18(2,16-12-8-5-9-13-16)14-17(19)15-10-6-4-7-11-15/h3-13H,1,14H2,2H3. The molecule has 0 saturated heterocycles. The van der Waals surface area contributed by atoms with E-state index in [9.17, 15) is 4.79 Å². The Labute approximate surface area is 114 Å². The topological polar surface area (TPSA) is 17.1 Å². The number of Topliss-reactive ketones (excluding diaryl/α,β-unsaturated/α-hetero) is 1. The van der Waals surface area contributed by atoms with Gasteiger partial charge in [0.15, 0.2) is 5.78 Å². The van der Waals surface area contributed by atoms with E-state index in [1.807, 2.05) is 66.7 Å². The third-order valence-corrected chi connectivity index (χ3v) is 3.51. The highest BCUT2D eigenvalue weighted by molar-refractivity contribution is 5.97. The lowest BCUT2D eigenvalue weighted by molar-refractivity contribution is 0.0964. The zero-order valence-electron chi connectivity index (χ0n) is 11.2. The first-order valence-corrected chi connectivity index (χ1v) is 6.43. The lowest BCUT2D eigenvalue weighted by Crippen LogP contribution is -2.23. The molecule has 0 saturated carbocycles. The molecule has 0 aliphatic heterocycles. The minimum atomic E-state index is -0.325. The van der Waals surface area contributed by atoms with Crippen molar-refractivity contribution in [1.82, 2.24) is 0 Å². The minimum Gasteiger partial charge on any atom is -0.294 e. The van der Waals surface area contributed by atoms with Gasteiger partial charge in [-0.2, -0.15) is 0 Å². The monoisotopic (exact) mass is 250 g/mol. The van der Waals surface area contributed by atoms with Crippen molar-refractivity contribution in [3.8, 4) is 0 Å². The van der Waals surface area contributed by atoms with Crippen molar-refractivity contribution in [2.24, 2.45) is 0 Å². The van der Waals surface area contributed by atoms with E-state index >= 15 is 0 Å². The lowest BCUT2D eigenvalue weighted by Gasteiger charge is -2.25. The first-order valence-electron chi connectivity index (χ1n) is 6.43. The summed E-state index contributed by atoms with van der Waals surface area (Å²) in [6.45, 7) is 5.96. The van der Waals surface area contributed by atoms with Crippen molar-refractivity contribution in [2.75, 3.05) is 0 Å². The van der Waals surface area contributed by atoms with Crippen LogP contribution in [0.25, 0.3) is 0 Å². The van der Waals surface area contributed by atoms with Gasteiger partial charge in [-0.25, -0.2) is 0 Å². The van der Waals surface area contributed by atoms with Gasteiger partial charge < -0.3 is 0 Å². The Hall–Kier alpha value is -2.15. The zero-order valence-corrected chi connectivity index (χ0v) is 11.2. The minimum absolute atomic E-state index is 0.145. The molecule has 0 N–H and O–H groups in total. The van der Waals surface area contributed by atoms with Gasteiger partial charge in [-0.15, -0.1) is 6.58 Å². The third-order valence-electron chi connectivity index (χ3n) is 3.51. The van der Waals surface area contributed by atoms with Gasteiger partial charge in [-0.05, 0) is 5.56 Å². The molecular formula is C18H18O. The van der Waals surface area contributed by atoms with E-state index in [2.05, 4.69) is 13.5 Å². The highest BCUT2D eigenvalue weighted by Crippen LogP contribution is 2.30. The highest BCUT2D eigenvalue weighted by Gasteiger charge is 2.26. The summed E-state index contributed by atoms with van der Waals surface area (Å²) in [7, 11) is 0. The van der Waals surface area contributed by atoms with Gasteiger partial charge >= 0.3 is 0 Å². The van der Waals surface area contributed by atoms with Gasteiger partial charge in [0, 0.05) is 17.4 Å². The van der Waals surface area contributed by atoms with Gasteiger partial charge in [-0.3, -0.25) is 4.79 Å². The van der Waals surface area contributed by atoms with Crippen LogP contribution in [0.3, 0.4) is 0 Å². The van der Waals surface area contributed by atoms with Crippen LogP contribution in [0.4, 0.5) is 0 Å². The Morgan fingerprint density at radius 3 is 2.11 bits per heavy atom.